The number of thiazole rings is 1. The molecule has 1 saturated heterocycles. The van der Waals surface area contributed by atoms with E-state index in [1.807, 2.05) is 12.1 Å². The van der Waals surface area contributed by atoms with Gasteiger partial charge in [0.05, 0.1) is 10.7 Å². The molecular formula is C15H17Cl2N3S. The molecule has 0 saturated carbocycles. The van der Waals surface area contributed by atoms with Gasteiger partial charge in [-0.05, 0) is 17.7 Å². The lowest BCUT2D eigenvalue weighted by Gasteiger charge is -2.26. The van der Waals surface area contributed by atoms with Crippen molar-refractivity contribution in [3.63, 3.8) is 0 Å². The van der Waals surface area contributed by atoms with Crippen molar-refractivity contribution in [2.24, 2.45) is 0 Å². The van der Waals surface area contributed by atoms with Crippen LogP contribution >= 0.6 is 34.5 Å². The van der Waals surface area contributed by atoms with E-state index in [-0.39, 0.29) is 0 Å². The maximum atomic E-state index is 6.22. The lowest BCUT2D eigenvalue weighted by molar-refractivity contribution is 0.231. The zero-order valence-corrected chi connectivity index (χ0v) is 13.9. The minimum atomic E-state index is 0.669. The zero-order valence-electron chi connectivity index (χ0n) is 11.6. The highest BCUT2D eigenvalue weighted by Gasteiger charge is 2.12. The van der Waals surface area contributed by atoms with Gasteiger partial charge in [0.1, 0.15) is 0 Å². The number of piperazine rings is 1. The lowest BCUT2D eigenvalue weighted by atomic mass is 10.1. The Balaban J connectivity index is 1.64. The molecule has 1 aromatic heterocycles. The van der Waals surface area contributed by atoms with Crippen molar-refractivity contribution < 1.29 is 0 Å². The Labute approximate surface area is 138 Å². The summed E-state index contributed by atoms with van der Waals surface area (Å²) in [5.41, 5.74) is 2.23. The first-order chi connectivity index (χ1) is 10.2. The first-order valence-electron chi connectivity index (χ1n) is 7.01. The molecule has 0 unspecified atom stereocenters. The Kier molecular flexibility index (Phi) is 5.14. The van der Waals surface area contributed by atoms with E-state index in [4.69, 9.17) is 28.2 Å². The molecular weight excluding hydrogens is 325 g/mol. The summed E-state index contributed by atoms with van der Waals surface area (Å²) in [6, 6.07) is 5.63. The quantitative estimate of drug-likeness (QED) is 0.923. The van der Waals surface area contributed by atoms with E-state index in [1.165, 1.54) is 0 Å². The summed E-state index contributed by atoms with van der Waals surface area (Å²) < 4.78 is 0. The number of rotatable bonds is 4. The highest BCUT2D eigenvalue weighted by atomic mass is 35.5. The zero-order chi connectivity index (χ0) is 14.7. The summed E-state index contributed by atoms with van der Waals surface area (Å²) >= 11 is 13.8. The molecule has 3 nitrogen and oxygen atoms in total. The predicted octanol–water partition coefficient (Wildman–Crippen LogP) is 3.45. The molecule has 1 aliphatic rings. The Bertz CT molecular complexity index is 609. The SMILES string of the molecule is Clc1ccc(Cc2nc(CN3CCNCC3)cs2)c(Cl)c1. The summed E-state index contributed by atoms with van der Waals surface area (Å²) in [6.07, 6.45) is 0.766. The molecule has 1 fully saturated rings. The third-order valence-corrected chi connectivity index (χ3v) is 5.04. The van der Waals surface area contributed by atoms with Crippen molar-refractivity contribution >= 4 is 34.5 Å². The van der Waals surface area contributed by atoms with Crippen LogP contribution in [-0.2, 0) is 13.0 Å². The van der Waals surface area contributed by atoms with Gasteiger partial charge in [-0.3, -0.25) is 4.90 Å². The topological polar surface area (TPSA) is 28.2 Å². The van der Waals surface area contributed by atoms with Gasteiger partial charge in [-0.2, -0.15) is 0 Å². The number of hydrogen-bond acceptors (Lipinski definition) is 4. The van der Waals surface area contributed by atoms with E-state index in [9.17, 15) is 0 Å². The van der Waals surface area contributed by atoms with Crippen LogP contribution in [0.2, 0.25) is 10.0 Å². The van der Waals surface area contributed by atoms with Gasteiger partial charge < -0.3 is 5.32 Å². The van der Waals surface area contributed by atoms with Gasteiger partial charge in [0.2, 0.25) is 0 Å². The van der Waals surface area contributed by atoms with Gasteiger partial charge in [0.15, 0.2) is 0 Å². The number of aromatic nitrogens is 1. The fraction of sp³-hybridized carbons (Fsp3) is 0.400. The van der Waals surface area contributed by atoms with E-state index in [0.717, 1.165) is 55.4 Å². The molecule has 0 aliphatic carbocycles. The lowest BCUT2D eigenvalue weighted by Crippen LogP contribution is -2.42. The van der Waals surface area contributed by atoms with Crippen molar-refractivity contribution in [1.29, 1.82) is 0 Å². The number of nitrogens with one attached hydrogen (secondary N) is 1. The van der Waals surface area contributed by atoms with Crippen LogP contribution in [0.25, 0.3) is 0 Å². The number of benzene rings is 1. The molecule has 2 aromatic rings. The Hall–Kier alpha value is -0.650. The highest BCUT2D eigenvalue weighted by Crippen LogP contribution is 2.24. The fourth-order valence-electron chi connectivity index (χ4n) is 2.43. The van der Waals surface area contributed by atoms with Gasteiger partial charge in [0.25, 0.3) is 0 Å². The summed E-state index contributed by atoms with van der Waals surface area (Å²) in [6.45, 7) is 5.26. The first kappa shape index (κ1) is 15.3. The molecule has 1 aromatic carbocycles. The maximum Gasteiger partial charge on any atom is 0.0973 e. The van der Waals surface area contributed by atoms with Crippen LogP contribution in [0, 0.1) is 0 Å². The Morgan fingerprint density at radius 3 is 2.81 bits per heavy atom. The summed E-state index contributed by atoms with van der Waals surface area (Å²) in [5, 5.41) is 8.00. The molecule has 3 rings (SSSR count). The summed E-state index contributed by atoms with van der Waals surface area (Å²) in [7, 11) is 0. The predicted molar refractivity (Wildman–Crippen MR) is 89.5 cm³/mol. The van der Waals surface area contributed by atoms with Crippen molar-refractivity contribution in [3.8, 4) is 0 Å². The average Bonchev–Trinajstić information content (AvgIpc) is 2.90. The molecule has 0 radical (unpaired) electrons. The third kappa shape index (κ3) is 4.18. The third-order valence-electron chi connectivity index (χ3n) is 3.55. The van der Waals surface area contributed by atoms with Gasteiger partial charge in [-0.1, -0.05) is 29.3 Å². The fourth-order valence-corrected chi connectivity index (χ4v) is 3.71. The average molecular weight is 342 g/mol. The molecule has 6 heteroatoms. The van der Waals surface area contributed by atoms with Crippen LogP contribution in [-0.4, -0.2) is 36.1 Å². The minimum absolute atomic E-state index is 0.669. The molecule has 112 valence electrons. The number of halogens is 2. The van der Waals surface area contributed by atoms with E-state index < -0.39 is 0 Å². The van der Waals surface area contributed by atoms with Crippen molar-refractivity contribution in [1.82, 2.24) is 15.2 Å². The van der Waals surface area contributed by atoms with E-state index in [0.29, 0.717) is 10.0 Å². The minimum Gasteiger partial charge on any atom is -0.314 e. The Morgan fingerprint density at radius 1 is 1.24 bits per heavy atom. The van der Waals surface area contributed by atoms with Crippen LogP contribution in [0.5, 0.6) is 0 Å². The van der Waals surface area contributed by atoms with Crippen molar-refractivity contribution in [3.05, 3.63) is 49.9 Å². The van der Waals surface area contributed by atoms with Crippen molar-refractivity contribution in [2.75, 3.05) is 26.2 Å². The van der Waals surface area contributed by atoms with Crippen LogP contribution in [0.3, 0.4) is 0 Å². The number of hydrogen-bond donors (Lipinski definition) is 1. The molecule has 0 bridgehead atoms. The molecule has 0 atom stereocenters. The first-order valence-corrected chi connectivity index (χ1v) is 8.64. The molecule has 1 N–H and O–H groups in total. The summed E-state index contributed by atoms with van der Waals surface area (Å²) in [5.74, 6) is 0. The Morgan fingerprint density at radius 2 is 2.05 bits per heavy atom. The van der Waals surface area contributed by atoms with Crippen LogP contribution in [0.1, 0.15) is 16.3 Å². The normalized spacial score (nSPS) is 16.3. The monoisotopic (exact) mass is 341 g/mol. The van der Waals surface area contributed by atoms with Gasteiger partial charge in [0, 0.05) is 54.6 Å². The maximum absolute atomic E-state index is 6.22. The highest BCUT2D eigenvalue weighted by molar-refractivity contribution is 7.09. The molecule has 0 amide bonds. The van der Waals surface area contributed by atoms with Gasteiger partial charge in [-0.15, -0.1) is 11.3 Å². The smallest absolute Gasteiger partial charge is 0.0973 e. The van der Waals surface area contributed by atoms with E-state index in [2.05, 4.69) is 15.6 Å². The van der Waals surface area contributed by atoms with Gasteiger partial charge >= 0.3 is 0 Å². The summed E-state index contributed by atoms with van der Waals surface area (Å²) in [4.78, 5) is 7.16. The second-order valence-corrected chi connectivity index (χ2v) is 6.96. The van der Waals surface area contributed by atoms with Crippen LogP contribution in [0.15, 0.2) is 23.6 Å². The van der Waals surface area contributed by atoms with E-state index in [1.54, 1.807) is 17.4 Å². The standard InChI is InChI=1S/C15H17Cl2N3S/c16-12-2-1-11(14(17)8-12)7-15-19-13(10-21-15)9-20-5-3-18-4-6-20/h1-2,8,10,18H,3-7,9H2. The van der Waals surface area contributed by atoms with E-state index >= 15 is 0 Å². The van der Waals surface area contributed by atoms with Crippen LogP contribution < -0.4 is 5.32 Å². The number of nitrogens with zero attached hydrogens (tertiary/aromatic N) is 2. The second kappa shape index (κ2) is 7.07. The molecule has 0 spiro atoms. The molecule has 1 aliphatic heterocycles. The van der Waals surface area contributed by atoms with Crippen LogP contribution in [0.4, 0.5) is 0 Å². The van der Waals surface area contributed by atoms with Gasteiger partial charge in [-0.25, -0.2) is 4.98 Å². The molecule has 2 heterocycles. The second-order valence-electron chi connectivity index (χ2n) is 5.17. The molecule has 21 heavy (non-hydrogen) atoms. The van der Waals surface area contributed by atoms with Crippen molar-refractivity contribution in [2.45, 2.75) is 13.0 Å². The largest absolute Gasteiger partial charge is 0.314 e.